The second-order valence-corrected chi connectivity index (χ2v) is 5.59. The third-order valence-electron chi connectivity index (χ3n) is 4.10. The minimum absolute atomic E-state index is 0.0448. The normalized spacial score (nSPS) is 19.0. The van der Waals surface area contributed by atoms with Crippen LogP contribution in [0.3, 0.4) is 0 Å². The standard InChI is InChI=1S/C18H16N2O2/c1-11-5-4-7-14-16(11)18(21)20-17(19-14)13-9-12-6-2-3-8-15(12)22-10-13/h2-9,17,19H,10H2,1H3,(H,20,21)/t17-/m1/s1. The Morgan fingerprint density at radius 1 is 1.09 bits per heavy atom. The number of para-hydroxylation sites is 1. The molecule has 4 heteroatoms. The first-order valence-electron chi connectivity index (χ1n) is 7.32. The quantitative estimate of drug-likeness (QED) is 0.849. The Hall–Kier alpha value is -2.75. The first kappa shape index (κ1) is 13.0. The van der Waals surface area contributed by atoms with Gasteiger partial charge in [0.05, 0.1) is 5.56 Å². The van der Waals surface area contributed by atoms with Crippen molar-refractivity contribution in [2.24, 2.45) is 0 Å². The fourth-order valence-electron chi connectivity index (χ4n) is 2.97. The van der Waals surface area contributed by atoms with Gasteiger partial charge in [0.2, 0.25) is 0 Å². The maximum absolute atomic E-state index is 12.4. The van der Waals surface area contributed by atoms with Crippen LogP contribution in [0.1, 0.15) is 21.5 Å². The molecule has 0 saturated carbocycles. The van der Waals surface area contributed by atoms with Crippen LogP contribution in [0.25, 0.3) is 6.08 Å². The summed E-state index contributed by atoms with van der Waals surface area (Å²) in [7, 11) is 0. The number of carbonyl (C=O) groups is 1. The molecule has 0 unspecified atom stereocenters. The van der Waals surface area contributed by atoms with Crippen molar-refractivity contribution in [3.63, 3.8) is 0 Å². The van der Waals surface area contributed by atoms with E-state index >= 15 is 0 Å². The molecule has 1 atom stereocenters. The zero-order valence-corrected chi connectivity index (χ0v) is 12.2. The Kier molecular flexibility index (Phi) is 2.89. The van der Waals surface area contributed by atoms with Crippen molar-refractivity contribution in [1.29, 1.82) is 0 Å². The van der Waals surface area contributed by atoms with Gasteiger partial charge in [-0.1, -0.05) is 30.3 Å². The molecule has 2 aliphatic rings. The molecule has 0 radical (unpaired) electrons. The first-order valence-corrected chi connectivity index (χ1v) is 7.32. The topological polar surface area (TPSA) is 50.4 Å². The van der Waals surface area contributed by atoms with E-state index < -0.39 is 0 Å². The molecule has 2 N–H and O–H groups in total. The number of ether oxygens (including phenoxy) is 1. The third-order valence-corrected chi connectivity index (χ3v) is 4.10. The van der Waals surface area contributed by atoms with Gasteiger partial charge in [-0.05, 0) is 30.7 Å². The average Bonchev–Trinajstić information content (AvgIpc) is 2.54. The summed E-state index contributed by atoms with van der Waals surface area (Å²) in [6.45, 7) is 2.41. The second-order valence-electron chi connectivity index (χ2n) is 5.59. The highest BCUT2D eigenvalue weighted by Gasteiger charge is 2.28. The maximum Gasteiger partial charge on any atom is 0.255 e. The number of carbonyl (C=O) groups excluding carboxylic acids is 1. The van der Waals surface area contributed by atoms with Gasteiger partial charge < -0.3 is 15.4 Å². The van der Waals surface area contributed by atoms with Gasteiger partial charge >= 0.3 is 0 Å². The maximum atomic E-state index is 12.4. The Labute approximate surface area is 128 Å². The van der Waals surface area contributed by atoms with E-state index in [1.54, 1.807) is 0 Å². The zero-order chi connectivity index (χ0) is 15.1. The summed E-state index contributed by atoms with van der Waals surface area (Å²) < 4.78 is 5.78. The van der Waals surface area contributed by atoms with Crippen molar-refractivity contribution < 1.29 is 9.53 Å². The van der Waals surface area contributed by atoms with E-state index in [0.29, 0.717) is 6.61 Å². The lowest BCUT2D eigenvalue weighted by atomic mass is 10.00. The van der Waals surface area contributed by atoms with Crippen LogP contribution in [-0.4, -0.2) is 18.7 Å². The molecule has 2 aromatic carbocycles. The van der Waals surface area contributed by atoms with Crippen molar-refractivity contribution >= 4 is 17.7 Å². The lowest BCUT2D eigenvalue weighted by Crippen LogP contribution is -2.47. The van der Waals surface area contributed by atoms with Gasteiger partial charge in [-0.2, -0.15) is 0 Å². The smallest absolute Gasteiger partial charge is 0.255 e. The lowest BCUT2D eigenvalue weighted by molar-refractivity contribution is 0.0939. The molecule has 0 aromatic heterocycles. The average molecular weight is 292 g/mol. The number of rotatable bonds is 1. The number of fused-ring (bicyclic) bond motifs is 2. The van der Waals surface area contributed by atoms with E-state index in [2.05, 4.69) is 16.7 Å². The van der Waals surface area contributed by atoms with Gasteiger partial charge in [0.25, 0.3) is 5.91 Å². The summed E-state index contributed by atoms with van der Waals surface area (Å²) in [5, 5.41) is 6.40. The highest BCUT2D eigenvalue weighted by molar-refractivity contribution is 6.03. The fraction of sp³-hybridized carbons (Fsp3) is 0.167. The predicted molar refractivity (Wildman–Crippen MR) is 86.0 cm³/mol. The minimum atomic E-state index is -0.241. The number of hydrogen-bond donors (Lipinski definition) is 2. The highest BCUT2D eigenvalue weighted by atomic mass is 16.5. The predicted octanol–water partition coefficient (Wildman–Crippen LogP) is 2.95. The van der Waals surface area contributed by atoms with Gasteiger partial charge in [0.15, 0.2) is 0 Å². The van der Waals surface area contributed by atoms with Crippen LogP contribution >= 0.6 is 0 Å². The number of nitrogens with one attached hydrogen (secondary N) is 2. The molecule has 0 aliphatic carbocycles. The molecule has 2 aromatic rings. The number of benzene rings is 2. The van der Waals surface area contributed by atoms with Crippen LogP contribution in [0.4, 0.5) is 5.69 Å². The molecule has 2 aliphatic heterocycles. The Morgan fingerprint density at radius 2 is 1.95 bits per heavy atom. The number of amides is 1. The van der Waals surface area contributed by atoms with Crippen LogP contribution in [0.5, 0.6) is 5.75 Å². The van der Waals surface area contributed by atoms with Gasteiger partial charge in [0, 0.05) is 16.8 Å². The van der Waals surface area contributed by atoms with E-state index in [0.717, 1.165) is 33.7 Å². The molecule has 4 rings (SSSR count). The van der Waals surface area contributed by atoms with Crippen LogP contribution in [0.2, 0.25) is 0 Å². The molecule has 0 fully saturated rings. The molecule has 4 nitrogen and oxygen atoms in total. The molecule has 2 heterocycles. The molecule has 110 valence electrons. The van der Waals surface area contributed by atoms with E-state index in [1.165, 1.54) is 0 Å². The van der Waals surface area contributed by atoms with E-state index in [1.807, 2.05) is 49.4 Å². The minimum Gasteiger partial charge on any atom is -0.488 e. The largest absolute Gasteiger partial charge is 0.488 e. The van der Waals surface area contributed by atoms with E-state index in [9.17, 15) is 4.79 Å². The Bertz CT molecular complexity index is 795. The van der Waals surface area contributed by atoms with E-state index in [4.69, 9.17) is 4.74 Å². The molecular weight excluding hydrogens is 276 g/mol. The number of hydrogen-bond acceptors (Lipinski definition) is 3. The molecule has 0 bridgehead atoms. The fourth-order valence-corrected chi connectivity index (χ4v) is 2.97. The molecule has 0 spiro atoms. The second kappa shape index (κ2) is 4.91. The summed E-state index contributed by atoms with van der Waals surface area (Å²) in [5.74, 6) is 0.834. The van der Waals surface area contributed by atoms with Gasteiger partial charge in [0.1, 0.15) is 18.5 Å². The summed E-state index contributed by atoms with van der Waals surface area (Å²) in [6.07, 6.45) is 1.84. The molecule has 0 saturated heterocycles. The molecule has 22 heavy (non-hydrogen) atoms. The van der Waals surface area contributed by atoms with Crippen molar-refractivity contribution in [2.75, 3.05) is 11.9 Å². The van der Waals surface area contributed by atoms with E-state index in [-0.39, 0.29) is 12.1 Å². The summed E-state index contributed by atoms with van der Waals surface area (Å²) in [6, 6.07) is 13.7. The van der Waals surface area contributed by atoms with Crippen LogP contribution in [-0.2, 0) is 0 Å². The van der Waals surface area contributed by atoms with Crippen molar-refractivity contribution in [1.82, 2.24) is 5.32 Å². The van der Waals surface area contributed by atoms with Gasteiger partial charge in [-0.3, -0.25) is 4.79 Å². The van der Waals surface area contributed by atoms with Crippen LogP contribution in [0.15, 0.2) is 48.0 Å². The number of aryl methyl sites for hydroxylation is 1. The molecular formula is C18H16N2O2. The summed E-state index contributed by atoms with van der Waals surface area (Å²) >= 11 is 0. The van der Waals surface area contributed by atoms with Crippen LogP contribution in [0, 0.1) is 6.92 Å². The Balaban J connectivity index is 1.69. The SMILES string of the molecule is Cc1cccc2c1C(=O)N[C@H](C1=Cc3ccccc3OC1)N2. The first-order chi connectivity index (χ1) is 10.7. The highest BCUT2D eigenvalue weighted by Crippen LogP contribution is 2.30. The zero-order valence-electron chi connectivity index (χ0n) is 12.2. The summed E-state index contributed by atoms with van der Waals surface area (Å²) in [4.78, 5) is 12.4. The monoisotopic (exact) mass is 292 g/mol. The van der Waals surface area contributed by atoms with Crippen molar-refractivity contribution in [2.45, 2.75) is 13.1 Å². The van der Waals surface area contributed by atoms with Crippen molar-refractivity contribution in [3.05, 3.63) is 64.7 Å². The Morgan fingerprint density at radius 3 is 2.86 bits per heavy atom. The van der Waals surface area contributed by atoms with Crippen molar-refractivity contribution in [3.8, 4) is 5.75 Å². The third kappa shape index (κ3) is 2.04. The van der Waals surface area contributed by atoms with Gasteiger partial charge in [-0.25, -0.2) is 0 Å². The molecule has 1 amide bonds. The van der Waals surface area contributed by atoms with Gasteiger partial charge in [-0.15, -0.1) is 0 Å². The lowest BCUT2D eigenvalue weighted by Gasteiger charge is -2.32. The summed E-state index contributed by atoms with van der Waals surface area (Å²) in [5.41, 5.74) is 4.61. The number of anilines is 1. The van der Waals surface area contributed by atoms with Crippen LogP contribution < -0.4 is 15.4 Å².